The van der Waals surface area contributed by atoms with Gasteiger partial charge in [0.2, 0.25) is 0 Å². The van der Waals surface area contributed by atoms with E-state index in [0.717, 1.165) is 5.56 Å². The SMILES string of the molecule is CC(C)c1ccc(C(O)CNCCS(C)(=O)=O)cc1. The Balaban J connectivity index is 2.43. The van der Waals surface area contributed by atoms with Gasteiger partial charge in [-0.15, -0.1) is 0 Å². The Morgan fingerprint density at radius 1 is 1.16 bits per heavy atom. The Morgan fingerprint density at radius 3 is 2.16 bits per heavy atom. The highest BCUT2D eigenvalue weighted by Gasteiger charge is 2.08. The van der Waals surface area contributed by atoms with Gasteiger partial charge in [-0.25, -0.2) is 8.42 Å². The van der Waals surface area contributed by atoms with Crippen LogP contribution in [0.25, 0.3) is 0 Å². The van der Waals surface area contributed by atoms with Gasteiger partial charge in [0.25, 0.3) is 0 Å². The third-order valence-electron chi connectivity index (χ3n) is 2.98. The predicted octanol–water partition coefficient (Wildman–Crippen LogP) is 1.48. The van der Waals surface area contributed by atoms with E-state index in [9.17, 15) is 13.5 Å². The molecule has 0 aromatic heterocycles. The van der Waals surface area contributed by atoms with Crippen LogP contribution in [-0.2, 0) is 9.84 Å². The van der Waals surface area contributed by atoms with Crippen LogP contribution in [-0.4, -0.2) is 38.6 Å². The number of hydrogen-bond donors (Lipinski definition) is 2. The minimum absolute atomic E-state index is 0.0893. The zero-order valence-electron chi connectivity index (χ0n) is 11.8. The van der Waals surface area contributed by atoms with Crippen molar-refractivity contribution in [1.29, 1.82) is 0 Å². The lowest BCUT2D eigenvalue weighted by Crippen LogP contribution is -2.26. The summed E-state index contributed by atoms with van der Waals surface area (Å²) in [6.07, 6.45) is 0.594. The van der Waals surface area contributed by atoms with E-state index in [2.05, 4.69) is 19.2 Å². The molecule has 0 aliphatic rings. The van der Waals surface area contributed by atoms with Gasteiger partial charge in [0, 0.05) is 19.3 Å². The summed E-state index contributed by atoms with van der Waals surface area (Å²) >= 11 is 0. The average molecular weight is 285 g/mol. The molecule has 0 saturated carbocycles. The van der Waals surface area contributed by atoms with Crippen LogP contribution in [0.15, 0.2) is 24.3 Å². The van der Waals surface area contributed by atoms with Gasteiger partial charge in [-0.2, -0.15) is 0 Å². The molecule has 0 aliphatic heterocycles. The Morgan fingerprint density at radius 2 is 1.68 bits per heavy atom. The summed E-state index contributed by atoms with van der Waals surface area (Å²) in [6.45, 7) is 4.97. The van der Waals surface area contributed by atoms with Crippen LogP contribution in [0.2, 0.25) is 0 Å². The second kappa shape index (κ2) is 7.03. The van der Waals surface area contributed by atoms with Crippen LogP contribution in [0.4, 0.5) is 0 Å². The zero-order chi connectivity index (χ0) is 14.5. The van der Waals surface area contributed by atoms with E-state index in [0.29, 0.717) is 19.0 Å². The van der Waals surface area contributed by atoms with Gasteiger partial charge < -0.3 is 10.4 Å². The quantitative estimate of drug-likeness (QED) is 0.745. The fraction of sp³-hybridized carbons (Fsp3) is 0.571. The number of nitrogens with one attached hydrogen (secondary N) is 1. The molecule has 0 radical (unpaired) electrons. The molecule has 0 amide bonds. The van der Waals surface area contributed by atoms with E-state index in [4.69, 9.17) is 0 Å². The van der Waals surface area contributed by atoms with Crippen molar-refractivity contribution in [2.45, 2.75) is 25.9 Å². The molecular weight excluding hydrogens is 262 g/mol. The van der Waals surface area contributed by atoms with E-state index in [1.807, 2.05) is 24.3 Å². The van der Waals surface area contributed by atoms with Crippen molar-refractivity contribution in [3.63, 3.8) is 0 Å². The van der Waals surface area contributed by atoms with Crippen molar-refractivity contribution in [3.05, 3.63) is 35.4 Å². The number of rotatable bonds is 7. The molecule has 1 atom stereocenters. The monoisotopic (exact) mass is 285 g/mol. The fourth-order valence-electron chi connectivity index (χ4n) is 1.72. The summed E-state index contributed by atoms with van der Waals surface area (Å²) in [4.78, 5) is 0. The van der Waals surface area contributed by atoms with Gasteiger partial charge in [0.1, 0.15) is 9.84 Å². The Bertz CT molecular complexity index is 480. The van der Waals surface area contributed by atoms with Crippen molar-refractivity contribution in [1.82, 2.24) is 5.32 Å². The lowest BCUT2D eigenvalue weighted by Gasteiger charge is -2.13. The molecule has 1 unspecified atom stereocenters. The summed E-state index contributed by atoms with van der Waals surface area (Å²) < 4.78 is 21.9. The second-order valence-electron chi connectivity index (χ2n) is 5.17. The van der Waals surface area contributed by atoms with Gasteiger partial charge in [0.15, 0.2) is 0 Å². The molecule has 2 N–H and O–H groups in total. The van der Waals surface area contributed by atoms with Gasteiger partial charge in [-0.3, -0.25) is 0 Å². The lowest BCUT2D eigenvalue weighted by atomic mass is 10.00. The summed E-state index contributed by atoms with van der Waals surface area (Å²) in [7, 11) is -2.95. The first-order valence-corrected chi connectivity index (χ1v) is 8.52. The van der Waals surface area contributed by atoms with Crippen LogP contribution in [0.1, 0.15) is 37.0 Å². The van der Waals surface area contributed by atoms with E-state index in [1.54, 1.807) is 0 Å². The highest BCUT2D eigenvalue weighted by molar-refractivity contribution is 7.90. The average Bonchev–Trinajstić information content (AvgIpc) is 2.33. The van der Waals surface area contributed by atoms with E-state index >= 15 is 0 Å². The van der Waals surface area contributed by atoms with Gasteiger partial charge in [-0.1, -0.05) is 38.1 Å². The van der Waals surface area contributed by atoms with Crippen LogP contribution in [0.5, 0.6) is 0 Å². The summed E-state index contributed by atoms with van der Waals surface area (Å²) in [6, 6.07) is 7.86. The first kappa shape index (κ1) is 16.1. The van der Waals surface area contributed by atoms with E-state index in [-0.39, 0.29) is 5.75 Å². The van der Waals surface area contributed by atoms with Gasteiger partial charge in [0.05, 0.1) is 11.9 Å². The maximum atomic E-state index is 10.9. The van der Waals surface area contributed by atoms with Crippen molar-refractivity contribution < 1.29 is 13.5 Å². The molecule has 0 aliphatic carbocycles. The largest absolute Gasteiger partial charge is 0.387 e. The predicted molar refractivity (Wildman–Crippen MR) is 78.1 cm³/mol. The minimum Gasteiger partial charge on any atom is -0.387 e. The Hall–Kier alpha value is -0.910. The smallest absolute Gasteiger partial charge is 0.148 e. The normalized spacial score (nSPS) is 13.7. The maximum Gasteiger partial charge on any atom is 0.148 e. The Labute approximate surface area is 115 Å². The molecule has 0 spiro atoms. The molecule has 0 bridgehead atoms. The molecule has 0 fully saturated rings. The molecule has 4 nitrogen and oxygen atoms in total. The first-order chi connectivity index (χ1) is 8.79. The zero-order valence-corrected chi connectivity index (χ0v) is 12.6. The number of benzene rings is 1. The van der Waals surface area contributed by atoms with Crippen molar-refractivity contribution in [3.8, 4) is 0 Å². The maximum absolute atomic E-state index is 10.9. The third-order valence-corrected chi connectivity index (χ3v) is 3.92. The highest BCUT2D eigenvalue weighted by Crippen LogP contribution is 2.18. The van der Waals surface area contributed by atoms with Gasteiger partial charge >= 0.3 is 0 Å². The van der Waals surface area contributed by atoms with Crippen LogP contribution in [0.3, 0.4) is 0 Å². The second-order valence-corrected chi connectivity index (χ2v) is 7.43. The fourth-order valence-corrected chi connectivity index (χ4v) is 2.23. The molecule has 5 heteroatoms. The van der Waals surface area contributed by atoms with Crippen molar-refractivity contribution in [2.75, 3.05) is 25.1 Å². The van der Waals surface area contributed by atoms with Crippen molar-refractivity contribution >= 4 is 9.84 Å². The number of aliphatic hydroxyl groups is 1. The minimum atomic E-state index is -2.95. The molecule has 1 aromatic rings. The van der Waals surface area contributed by atoms with Crippen molar-refractivity contribution in [2.24, 2.45) is 0 Å². The molecule has 1 aromatic carbocycles. The number of aliphatic hydroxyl groups excluding tert-OH is 1. The molecule has 0 saturated heterocycles. The molecular formula is C14H23NO3S. The highest BCUT2D eigenvalue weighted by atomic mass is 32.2. The van der Waals surface area contributed by atoms with Crippen LogP contribution >= 0.6 is 0 Å². The van der Waals surface area contributed by atoms with E-state index in [1.165, 1.54) is 11.8 Å². The van der Waals surface area contributed by atoms with E-state index < -0.39 is 15.9 Å². The molecule has 1 rings (SSSR count). The molecule has 19 heavy (non-hydrogen) atoms. The standard InChI is InChI=1S/C14H23NO3S/c1-11(2)12-4-6-13(7-5-12)14(16)10-15-8-9-19(3,17)18/h4-7,11,14-16H,8-10H2,1-3H3. The molecule has 108 valence electrons. The van der Waals surface area contributed by atoms with Crippen LogP contribution in [0, 0.1) is 0 Å². The number of hydrogen-bond acceptors (Lipinski definition) is 4. The topological polar surface area (TPSA) is 66.4 Å². The number of sulfone groups is 1. The molecule has 0 heterocycles. The summed E-state index contributed by atoms with van der Waals surface area (Å²) in [5.41, 5.74) is 2.08. The summed E-state index contributed by atoms with van der Waals surface area (Å²) in [5.74, 6) is 0.561. The van der Waals surface area contributed by atoms with Crippen LogP contribution < -0.4 is 5.32 Å². The Kier molecular flexibility index (Phi) is 5.97. The summed E-state index contributed by atoms with van der Waals surface area (Å²) in [5, 5.41) is 12.9. The lowest BCUT2D eigenvalue weighted by molar-refractivity contribution is 0.175. The first-order valence-electron chi connectivity index (χ1n) is 6.46. The third kappa shape index (κ3) is 6.18. The van der Waals surface area contributed by atoms with Gasteiger partial charge in [-0.05, 0) is 17.0 Å².